The van der Waals surface area contributed by atoms with Crippen LogP contribution in [0.1, 0.15) is 16.9 Å². The van der Waals surface area contributed by atoms with Crippen LogP contribution in [0, 0.1) is 11.3 Å². The van der Waals surface area contributed by atoms with Crippen molar-refractivity contribution in [3.8, 4) is 6.07 Å². The van der Waals surface area contributed by atoms with Crippen molar-refractivity contribution in [3.63, 3.8) is 0 Å². The number of morpholine rings is 1. The largest absolute Gasteiger partial charge is 0.382 e. The summed E-state index contributed by atoms with van der Waals surface area (Å²) >= 11 is 0. The summed E-state index contributed by atoms with van der Waals surface area (Å²) in [7, 11) is 0. The van der Waals surface area contributed by atoms with E-state index in [0.717, 1.165) is 32.8 Å². The molecule has 0 saturated carbocycles. The summed E-state index contributed by atoms with van der Waals surface area (Å²) in [4.78, 5) is 16.3. The summed E-state index contributed by atoms with van der Waals surface area (Å²) in [5.41, 5.74) is 5.87. The summed E-state index contributed by atoms with van der Waals surface area (Å²) < 4.78 is 5.30. The molecule has 8 nitrogen and oxygen atoms in total. The Hall–Kier alpha value is -2.11. The minimum Gasteiger partial charge on any atom is -0.382 e. The Morgan fingerprint density at radius 1 is 1.52 bits per heavy atom. The van der Waals surface area contributed by atoms with Gasteiger partial charge in [-0.15, -0.1) is 0 Å². The van der Waals surface area contributed by atoms with E-state index in [1.807, 2.05) is 0 Å². The van der Waals surface area contributed by atoms with Gasteiger partial charge in [-0.2, -0.15) is 10.4 Å². The lowest BCUT2D eigenvalue weighted by molar-refractivity contribution is 0.0325. The molecule has 1 aromatic rings. The van der Waals surface area contributed by atoms with Gasteiger partial charge in [-0.3, -0.25) is 14.8 Å². The van der Waals surface area contributed by atoms with Gasteiger partial charge in [0, 0.05) is 38.8 Å². The second-order valence-electron chi connectivity index (χ2n) is 4.86. The third-order valence-corrected chi connectivity index (χ3v) is 3.40. The normalized spacial score (nSPS) is 15.6. The Bertz CT molecular complexity index is 503. The number of aromatic nitrogens is 2. The molecule has 1 fully saturated rings. The first kappa shape index (κ1) is 15.3. The molecular weight excluding hydrogens is 272 g/mol. The zero-order chi connectivity index (χ0) is 15.1. The number of H-pyrrole nitrogens is 1. The number of nitrogens with one attached hydrogen (secondary N) is 1. The molecule has 2 rings (SSSR count). The van der Waals surface area contributed by atoms with Crippen LogP contribution in [0.2, 0.25) is 0 Å². The zero-order valence-electron chi connectivity index (χ0n) is 11.9. The number of rotatable bonds is 6. The van der Waals surface area contributed by atoms with Crippen LogP contribution in [0.4, 0.5) is 5.82 Å². The zero-order valence-corrected chi connectivity index (χ0v) is 11.9. The van der Waals surface area contributed by atoms with Gasteiger partial charge in [0.15, 0.2) is 0 Å². The molecule has 2 heterocycles. The molecule has 0 unspecified atom stereocenters. The highest BCUT2D eigenvalue weighted by atomic mass is 16.5. The van der Waals surface area contributed by atoms with Gasteiger partial charge < -0.3 is 15.4 Å². The third kappa shape index (κ3) is 4.44. The molecule has 1 amide bonds. The number of nitrogens with two attached hydrogens (primary N) is 1. The van der Waals surface area contributed by atoms with Gasteiger partial charge in [-0.1, -0.05) is 0 Å². The molecule has 114 valence electrons. The highest BCUT2D eigenvalue weighted by Gasteiger charge is 2.19. The van der Waals surface area contributed by atoms with Gasteiger partial charge in [0.05, 0.1) is 25.7 Å². The molecule has 0 radical (unpaired) electrons. The molecule has 1 saturated heterocycles. The highest BCUT2D eigenvalue weighted by molar-refractivity contribution is 5.93. The fourth-order valence-electron chi connectivity index (χ4n) is 2.20. The molecule has 8 heteroatoms. The maximum atomic E-state index is 12.4. The molecule has 21 heavy (non-hydrogen) atoms. The number of ether oxygens (including phenoxy) is 1. The molecule has 0 atom stereocenters. The van der Waals surface area contributed by atoms with E-state index in [1.54, 1.807) is 4.90 Å². The van der Waals surface area contributed by atoms with Crippen LogP contribution in [0.5, 0.6) is 0 Å². The monoisotopic (exact) mass is 292 g/mol. The second-order valence-corrected chi connectivity index (χ2v) is 4.86. The molecule has 1 aliphatic heterocycles. The van der Waals surface area contributed by atoms with Crippen LogP contribution in [-0.2, 0) is 4.74 Å². The fourth-order valence-corrected chi connectivity index (χ4v) is 2.20. The van der Waals surface area contributed by atoms with Crippen molar-refractivity contribution >= 4 is 11.7 Å². The van der Waals surface area contributed by atoms with Crippen LogP contribution in [-0.4, -0.2) is 71.8 Å². The molecular formula is C13H20N6O2. The van der Waals surface area contributed by atoms with E-state index in [1.165, 1.54) is 6.07 Å². The number of nitrogen functional groups attached to an aromatic ring is 1. The minimum absolute atomic E-state index is 0.178. The SMILES string of the molecule is N#CCCN(CCN1CCOCC1)C(=O)c1cc(N)n[nH]1. The summed E-state index contributed by atoms with van der Waals surface area (Å²) in [5.74, 6) is 0.106. The Balaban J connectivity index is 1.93. The standard InChI is InChI=1S/C13H20N6O2/c14-2-1-3-19(5-4-18-6-8-21-9-7-18)13(20)11-10-12(15)17-16-11/h10H,1,3-9H2,(H3,15,16,17). The number of amides is 1. The summed E-state index contributed by atoms with van der Waals surface area (Å²) in [6.45, 7) is 4.93. The number of aromatic amines is 1. The average Bonchev–Trinajstić information content (AvgIpc) is 2.94. The van der Waals surface area contributed by atoms with Gasteiger partial charge in [0.1, 0.15) is 11.5 Å². The first-order valence-corrected chi connectivity index (χ1v) is 6.98. The van der Waals surface area contributed by atoms with Crippen molar-refractivity contribution in [2.75, 3.05) is 51.7 Å². The van der Waals surface area contributed by atoms with Crippen molar-refractivity contribution in [1.82, 2.24) is 20.0 Å². The fraction of sp³-hybridized carbons (Fsp3) is 0.615. The third-order valence-electron chi connectivity index (χ3n) is 3.40. The van der Waals surface area contributed by atoms with Gasteiger partial charge >= 0.3 is 0 Å². The van der Waals surface area contributed by atoms with Gasteiger partial charge in [0.25, 0.3) is 5.91 Å². The Morgan fingerprint density at radius 2 is 2.29 bits per heavy atom. The molecule has 1 aromatic heterocycles. The van der Waals surface area contributed by atoms with E-state index in [0.29, 0.717) is 25.2 Å². The lowest BCUT2D eigenvalue weighted by atomic mass is 10.3. The second kappa shape index (κ2) is 7.61. The number of carbonyl (C=O) groups is 1. The quantitative estimate of drug-likeness (QED) is 0.743. The number of carbonyl (C=O) groups excluding carboxylic acids is 1. The lowest BCUT2D eigenvalue weighted by Crippen LogP contribution is -2.43. The highest BCUT2D eigenvalue weighted by Crippen LogP contribution is 2.07. The molecule has 1 aliphatic rings. The maximum Gasteiger partial charge on any atom is 0.272 e. The number of nitriles is 1. The van der Waals surface area contributed by atoms with Crippen molar-refractivity contribution in [1.29, 1.82) is 5.26 Å². The topological polar surface area (TPSA) is 111 Å². The van der Waals surface area contributed by atoms with Crippen LogP contribution >= 0.6 is 0 Å². The van der Waals surface area contributed by atoms with Crippen LogP contribution < -0.4 is 5.73 Å². The van der Waals surface area contributed by atoms with Crippen LogP contribution in [0.15, 0.2) is 6.07 Å². The smallest absolute Gasteiger partial charge is 0.272 e. The number of hydrogen-bond donors (Lipinski definition) is 2. The van der Waals surface area contributed by atoms with Crippen molar-refractivity contribution in [3.05, 3.63) is 11.8 Å². The number of anilines is 1. The number of hydrogen-bond acceptors (Lipinski definition) is 6. The molecule has 3 N–H and O–H groups in total. The van der Waals surface area contributed by atoms with Gasteiger partial charge in [-0.25, -0.2) is 0 Å². The average molecular weight is 292 g/mol. The Kier molecular flexibility index (Phi) is 5.54. The van der Waals surface area contributed by atoms with Crippen molar-refractivity contribution in [2.24, 2.45) is 0 Å². The van der Waals surface area contributed by atoms with E-state index >= 15 is 0 Å². The maximum absolute atomic E-state index is 12.4. The molecule has 0 aromatic carbocycles. The summed E-state index contributed by atoms with van der Waals surface area (Å²) in [6.07, 6.45) is 0.304. The lowest BCUT2D eigenvalue weighted by Gasteiger charge is -2.29. The predicted molar refractivity (Wildman–Crippen MR) is 76.4 cm³/mol. The Morgan fingerprint density at radius 3 is 2.90 bits per heavy atom. The van der Waals surface area contributed by atoms with E-state index in [4.69, 9.17) is 15.7 Å². The van der Waals surface area contributed by atoms with Crippen molar-refractivity contribution in [2.45, 2.75) is 6.42 Å². The first-order chi connectivity index (χ1) is 10.2. The van der Waals surface area contributed by atoms with E-state index in [2.05, 4.69) is 21.2 Å². The van der Waals surface area contributed by atoms with E-state index < -0.39 is 0 Å². The van der Waals surface area contributed by atoms with Gasteiger partial charge in [0.2, 0.25) is 0 Å². The Labute approximate surface area is 123 Å². The van der Waals surface area contributed by atoms with E-state index in [9.17, 15) is 4.79 Å². The molecule has 0 bridgehead atoms. The van der Waals surface area contributed by atoms with E-state index in [-0.39, 0.29) is 11.7 Å². The first-order valence-electron chi connectivity index (χ1n) is 6.98. The minimum atomic E-state index is -0.178. The van der Waals surface area contributed by atoms with Crippen molar-refractivity contribution < 1.29 is 9.53 Å². The van der Waals surface area contributed by atoms with Crippen LogP contribution in [0.25, 0.3) is 0 Å². The summed E-state index contributed by atoms with van der Waals surface area (Å²) in [5, 5.41) is 15.1. The number of nitrogens with zero attached hydrogens (tertiary/aromatic N) is 4. The van der Waals surface area contributed by atoms with Crippen LogP contribution in [0.3, 0.4) is 0 Å². The molecule has 0 spiro atoms. The predicted octanol–water partition coefficient (Wildman–Crippen LogP) is -0.320. The summed E-state index contributed by atoms with van der Waals surface area (Å²) in [6, 6.07) is 3.58. The molecule has 0 aliphatic carbocycles. The van der Waals surface area contributed by atoms with Gasteiger partial charge in [-0.05, 0) is 0 Å².